The quantitative estimate of drug-likeness (QED) is 0.783. The van der Waals surface area contributed by atoms with Crippen LogP contribution in [0.25, 0.3) is 0 Å². The largest absolute Gasteiger partial charge is 0.485 e. The van der Waals surface area contributed by atoms with Crippen molar-refractivity contribution in [2.24, 2.45) is 0 Å². The Labute approximate surface area is 154 Å². The summed E-state index contributed by atoms with van der Waals surface area (Å²) in [6.07, 6.45) is 3.43. The summed E-state index contributed by atoms with van der Waals surface area (Å²) < 4.78 is 25.1. The molecular weight excluding hydrogens is 358 g/mol. The first-order valence-electron chi connectivity index (χ1n) is 8.68. The lowest BCUT2D eigenvalue weighted by molar-refractivity contribution is -0.00461. The Kier molecular flexibility index (Phi) is 4.07. The first-order chi connectivity index (χ1) is 12.8. The highest BCUT2D eigenvalue weighted by Gasteiger charge is 2.41. The Hall–Kier alpha value is -2.10. The van der Waals surface area contributed by atoms with Crippen molar-refractivity contribution in [2.45, 2.75) is 18.2 Å². The number of aromatic nitrogens is 2. The zero-order chi connectivity index (χ0) is 17.5. The summed E-state index contributed by atoms with van der Waals surface area (Å²) in [5.41, 5.74) is 0. The lowest BCUT2D eigenvalue weighted by Crippen LogP contribution is -2.31. The average molecular weight is 377 g/mol. The third kappa shape index (κ3) is 2.76. The number of hydrogen-bond donors (Lipinski definition) is 0. The zero-order valence-electron chi connectivity index (χ0n) is 14.1. The number of ether oxygens (including phenoxy) is 4. The molecule has 2 fully saturated rings. The van der Waals surface area contributed by atoms with Crippen molar-refractivity contribution in [2.75, 3.05) is 39.5 Å². The van der Waals surface area contributed by atoms with Crippen LogP contribution in [-0.4, -0.2) is 72.3 Å². The van der Waals surface area contributed by atoms with E-state index >= 15 is 0 Å². The number of carbonyl (C=O) groups excluding carboxylic acids is 1. The van der Waals surface area contributed by atoms with Crippen LogP contribution in [-0.2, 0) is 9.47 Å². The minimum atomic E-state index is -0.118. The van der Waals surface area contributed by atoms with Crippen LogP contribution in [0.4, 0.5) is 0 Å². The Bertz CT molecular complexity index is 776. The molecule has 0 spiro atoms. The summed E-state index contributed by atoms with van der Waals surface area (Å²) in [5, 5.41) is 6.09. The molecule has 5 heterocycles. The van der Waals surface area contributed by atoms with E-state index < -0.39 is 0 Å². The summed E-state index contributed by atoms with van der Waals surface area (Å²) in [6.45, 7) is 3.07. The smallest absolute Gasteiger partial charge is 0.268 e. The highest BCUT2D eigenvalue weighted by molar-refractivity contribution is 7.12. The number of nitrogens with zero attached hydrogens (tertiary/aromatic N) is 3. The van der Waals surface area contributed by atoms with Crippen LogP contribution in [0.15, 0.2) is 23.8 Å². The Morgan fingerprint density at radius 2 is 1.92 bits per heavy atom. The van der Waals surface area contributed by atoms with Gasteiger partial charge in [0.25, 0.3) is 5.91 Å². The molecule has 8 nitrogen and oxygen atoms in total. The standard InChI is InChI=1S/C17H19N3O5S/c21-17(16-15-14(10-26-16)22-4-5-23-15)19-6-12-13(7-19)25-9-11(8-24-12)20-3-1-2-18-20/h1-3,10-13H,4-9H2/t12-,13-/m0/s1. The molecule has 2 aromatic rings. The number of rotatable bonds is 2. The number of hydrogen-bond acceptors (Lipinski definition) is 7. The third-order valence-corrected chi connectivity index (χ3v) is 5.83. The van der Waals surface area contributed by atoms with E-state index in [-0.39, 0.29) is 24.2 Å². The van der Waals surface area contributed by atoms with Crippen LogP contribution in [0.3, 0.4) is 0 Å². The molecule has 0 saturated carbocycles. The maximum atomic E-state index is 12.9. The van der Waals surface area contributed by atoms with Crippen LogP contribution in [0.2, 0.25) is 0 Å². The van der Waals surface area contributed by atoms with Gasteiger partial charge in [0.2, 0.25) is 0 Å². The molecule has 5 rings (SSSR count). The molecule has 26 heavy (non-hydrogen) atoms. The summed E-state index contributed by atoms with van der Waals surface area (Å²) in [5.74, 6) is 1.18. The van der Waals surface area contributed by atoms with Crippen molar-refractivity contribution in [3.05, 3.63) is 28.7 Å². The van der Waals surface area contributed by atoms with Crippen molar-refractivity contribution < 1.29 is 23.7 Å². The van der Waals surface area contributed by atoms with E-state index in [1.165, 1.54) is 11.3 Å². The van der Waals surface area contributed by atoms with Crippen molar-refractivity contribution in [3.63, 3.8) is 0 Å². The number of likely N-dealkylation sites (tertiary alicyclic amines) is 1. The van der Waals surface area contributed by atoms with E-state index in [0.29, 0.717) is 55.9 Å². The third-order valence-electron chi connectivity index (χ3n) is 4.90. The number of carbonyl (C=O) groups is 1. The highest BCUT2D eigenvalue weighted by atomic mass is 32.1. The van der Waals surface area contributed by atoms with Crippen LogP contribution in [0, 0.1) is 0 Å². The van der Waals surface area contributed by atoms with Crippen LogP contribution in [0.5, 0.6) is 11.5 Å². The molecule has 1 amide bonds. The first-order valence-corrected chi connectivity index (χ1v) is 9.56. The van der Waals surface area contributed by atoms with Crippen LogP contribution < -0.4 is 9.47 Å². The molecule has 2 aromatic heterocycles. The molecule has 3 aliphatic heterocycles. The molecular formula is C17H19N3O5S. The van der Waals surface area contributed by atoms with Crippen LogP contribution >= 0.6 is 11.3 Å². The topological polar surface area (TPSA) is 75.0 Å². The van der Waals surface area contributed by atoms with E-state index in [1.807, 2.05) is 22.3 Å². The van der Waals surface area contributed by atoms with Gasteiger partial charge in [-0.15, -0.1) is 11.3 Å². The highest BCUT2D eigenvalue weighted by Crippen LogP contribution is 2.40. The second-order valence-corrected chi connectivity index (χ2v) is 7.43. The van der Waals surface area contributed by atoms with E-state index in [1.54, 1.807) is 11.1 Å². The fourth-order valence-electron chi connectivity index (χ4n) is 3.55. The average Bonchev–Trinajstić information content (AvgIpc) is 3.39. The predicted molar refractivity (Wildman–Crippen MR) is 92.0 cm³/mol. The molecule has 0 aliphatic carbocycles. The molecule has 3 aliphatic rings. The van der Waals surface area contributed by atoms with E-state index in [9.17, 15) is 4.79 Å². The van der Waals surface area contributed by atoms with Gasteiger partial charge in [0.1, 0.15) is 30.3 Å². The van der Waals surface area contributed by atoms with Crippen molar-refractivity contribution in [1.29, 1.82) is 0 Å². The predicted octanol–water partition coefficient (Wildman–Crippen LogP) is 1.20. The van der Waals surface area contributed by atoms with Gasteiger partial charge in [-0.25, -0.2) is 0 Å². The van der Waals surface area contributed by atoms with Crippen molar-refractivity contribution in [1.82, 2.24) is 14.7 Å². The second kappa shape index (κ2) is 6.57. The fraction of sp³-hybridized carbons (Fsp3) is 0.529. The maximum absolute atomic E-state index is 12.9. The van der Waals surface area contributed by atoms with Gasteiger partial charge in [-0.2, -0.15) is 5.10 Å². The van der Waals surface area contributed by atoms with Gasteiger partial charge in [0.15, 0.2) is 11.5 Å². The number of amides is 1. The van der Waals surface area contributed by atoms with Gasteiger partial charge in [0.05, 0.1) is 19.3 Å². The molecule has 0 bridgehead atoms. The van der Waals surface area contributed by atoms with Gasteiger partial charge in [-0.3, -0.25) is 9.48 Å². The first kappa shape index (κ1) is 16.1. The molecule has 9 heteroatoms. The van der Waals surface area contributed by atoms with Crippen LogP contribution in [0.1, 0.15) is 15.7 Å². The summed E-state index contributed by atoms with van der Waals surface area (Å²) in [6, 6.07) is 1.95. The van der Waals surface area contributed by atoms with Crippen molar-refractivity contribution >= 4 is 17.2 Å². The molecule has 0 aromatic carbocycles. The molecule has 138 valence electrons. The Morgan fingerprint density at radius 1 is 1.15 bits per heavy atom. The van der Waals surface area contributed by atoms with E-state index in [2.05, 4.69) is 5.10 Å². The molecule has 2 saturated heterocycles. The Morgan fingerprint density at radius 3 is 2.65 bits per heavy atom. The fourth-order valence-corrected chi connectivity index (χ4v) is 4.45. The second-order valence-electron chi connectivity index (χ2n) is 6.55. The molecule has 0 N–H and O–H groups in total. The Balaban J connectivity index is 1.27. The number of thiophene rings is 1. The molecule has 0 unspecified atom stereocenters. The molecule has 0 radical (unpaired) electrons. The van der Waals surface area contributed by atoms with E-state index in [0.717, 1.165) is 0 Å². The van der Waals surface area contributed by atoms with Gasteiger partial charge in [-0.05, 0) is 6.07 Å². The van der Waals surface area contributed by atoms with Gasteiger partial charge in [0, 0.05) is 30.9 Å². The number of fused-ring (bicyclic) bond motifs is 2. The summed E-state index contributed by atoms with van der Waals surface area (Å²) >= 11 is 1.36. The lowest BCUT2D eigenvalue weighted by atomic mass is 10.3. The normalized spacial score (nSPS) is 25.8. The lowest BCUT2D eigenvalue weighted by Gasteiger charge is -2.20. The SMILES string of the molecule is O=C(c1scc2c1OCCO2)N1C[C@@H]2OCC(n3cccn3)CO[C@H]2C1. The summed E-state index contributed by atoms with van der Waals surface area (Å²) in [4.78, 5) is 15.3. The summed E-state index contributed by atoms with van der Waals surface area (Å²) in [7, 11) is 0. The zero-order valence-corrected chi connectivity index (χ0v) is 14.9. The maximum Gasteiger partial charge on any atom is 0.268 e. The van der Waals surface area contributed by atoms with Crippen molar-refractivity contribution in [3.8, 4) is 11.5 Å². The van der Waals surface area contributed by atoms with E-state index in [4.69, 9.17) is 18.9 Å². The van der Waals surface area contributed by atoms with Gasteiger partial charge >= 0.3 is 0 Å². The van der Waals surface area contributed by atoms with Gasteiger partial charge in [-0.1, -0.05) is 0 Å². The monoisotopic (exact) mass is 377 g/mol. The minimum absolute atomic E-state index is 0.0503. The molecule has 2 atom stereocenters. The minimum Gasteiger partial charge on any atom is -0.485 e. The van der Waals surface area contributed by atoms with Gasteiger partial charge < -0.3 is 23.8 Å².